The van der Waals surface area contributed by atoms with Crippen molar-refractivity contribution in [2.24, 2.45) is 0 Å². The van der Waals surface area contributed by atoms with Crippen LogP contribution in [0.25, 0.3) is 21.9 Å². The standard InChI is InChI=1S/C20H18N4O4S/c25-17(12-24-14-6-1-2-7-15(14)27-20(24)26)23-9-3-5-13(11-23)18-21-22-19(28-18)16-8-4-10-29-16/h1-2,4,6-8,10,13H,3,5,9,11-12H2/t13-/m0/s1. The molecular weight excluding hydrogens is 392 g/mol. The van der Waals surface area contributed by atoms with Crippen LogP contribution in [0.3, 0.4) is 0 Å². The number of likely N-dealkylation sites (tertiary alicyclic amines) is 1. The molecule has 1 amide bonds. The SMILES string of the molecule is O=C(Cn1c(=O)oc2ccccc21)N1CCC[C@H](c2nnc(-c3cccs3)o2)C1. The van der Waals surface area contributed by atoms with Crippen molar-refractivity contribution in [3.63, 3.8) is 0 Å². The van der Waals surface area contributed by atoms with E-state index in [4.69, 9.17) is 8.83 Å². The Labute approximate surface area is 169 Å². The molecule has 1 saturated heterocycles. The Morgan fingerprint density at radius 3 is 2.93 bits per heavy atom. The summed E-state index contributed by atoms with van der Waals surface area (Å²) in [6.07, 6.45) is 1.72. The lowest BCUT2D eigenvalue weighted by atomic mass is 9.98. The fraction of sp³-hybridized carbons (Fsp3) is 0.300. The highest BCUT2D eigenvalue weighted by molar-refractivity contribution is 7.13. The van der Waals surface area contributed by atoms with Crippen LogP contribution in [-0.2, 0) is 11.3 Å². The van der Waals surface area contributed by atoms with Crippen LogP contribution < -0.4 is 5.76 Å². The van der Waals surface area contributed by atoms with E-state index < -0.39 is 5.76 Å². The van der Waals surface area contributed by atoms with Crippen LogP contribution in [0.2, 0.25) is 0 Å². The number of rotatable bonds is 4. The Morgan fingerprint density at radius 2 is 2.07 bits per heavy atom. The molecule has 4 heterocycles. The number of piperidine rings is 1. The van der Waals surface area contributed by atoms with Crippen LogP contribution in [0, 0.1) is 0 Å². The number of amides is 1. The summed E-state index contributed by atoms with van der Waals surface area (Å²) in [6.45, 7) is 1.09. The van der Waals surface area contributed by atoms with E-state index in [0.29, 0.717) is 36.0 Å². The summed E-state index contributed by atoms with van der Waals surface area (Å²) < 4.78 is 12.5. The Bertz CT molecular complexity index is 1210. The van der Waals surface area contributed by atoms with Crippen LogP contribution in [0.15, 0.2) is 55.4 Å². The van der Waals surface area contributed by atoms with Crippen LogP contribution >= 0.6 is 11.3 Å². The molecule has 1 aromatic carbocycles. The second-order valence-corrected chi connectivity index (χ2v) is 7.97. The van der Waals surface area contributed by atoms with E-state index in [1.54, 1.807) is 34.4 Å². The number of nitrogens with zero attached hydrogens (tertiary/aromatic N) is 4. The largest absolute Gasteiger partial charge is 0.420 e. The van der Waals surface area contributed by atoms with Gasteiger partial charge in [0.1, 0.15) is 6.54 Å². The minimum Gasteiger partial charge on any atom is -0.420 e. The summed E-state index contributed by atoms with van der Waals surface area (Å²) >= 11 is 1.54. The van der Waals surface area contributed by atoms with Gasteiger partial charge in [-0.3, -0.25) is 9.36 Å². The third-order valence-corrected chi connectivity index (χ3v) is 6.02. The summed E-state index contributed by atoms with van der Waals surface area (Å²) in [5.74, 6) is 0.408. The number of hydrogen-bond donors (Lipinski definition) is 0. The van der Waals surface area contributed by atoms with Gasteiger partial charge in [0.25, 0.3) is 5.89 Å². The van der Waals surface area contributed by atoms with Crippen molar-refractivity contribution in [1.82, 2.24) is 19.7 Å². The highest BCUT2D eigenvalue weighted by Crippen LogP contribution is 2.30. The van der Waals surface area contributed by atoms with Crippen LogP contribution in [0.5, 0.6) is 0 Å². The first-order valence-corrected chi connectivity index (χ1v) is 10.3. The third-order valence-electron chi connectivity index (χ3n) is 5.16. The number of carbonyl (C=O) groups is 1. The molecule has 29 heavy (non-hydrogen) atoms. The maximum absolute atomic E-state index is 12.9. The van der Waals surface area contributed by atoms with Crippen molar-refractivity contribution < 1.29 is 13.6 Å². The van der Waals surface area contributed by atoms with E-state index in [0.717, 1.165) is 17.7 Å². The van der Waals surface area contributed by atoms with Gasteiger partial charge in [-0.2, -0.15) is 0 Å². The van der Waals surface area contributed by atoms with Crippen molar-refractivity contribution in [3.05, 3.63) is 58.2 Å². The molecule has 5 rings (SSSR count). The molecule has 0 aliphatic carbocycles. The number of fused-ring (bicyclic) bond motifs is 1. The second kappa shape index (κ2) is 7.32. The maximum Gasteiger partial charge on any atom is 0.420 e. The molecular formula is C20H18N4O4S. The smallest absolute Gasteiger partial charge is 0.420 e. The first-order valence-electron chi connectivity index (χ1n) is 9.42. The van der Waals surface area contributed by atoms with Gasteiger partial charge in [-0.05, 0) is 36.4 Å². The molecule has 0 bridgehead atoms. The lowest BCUT2D eigenvalue weighted by Gasteiger charge is -2.31. The topological polar surface area (TPSA) is 94.4 Å². The normalized spacial score (nSPS) is 17.1. The van der Waals surface area contributed by atoms with Crippen molar-refractivity contribution >= 4 is 28.3 Å². The average Bonchev–Trinajstić information content (AvgIpc) is 3.49. The number of aromatic nitrogens is 3. The molecule has 9 heteroatoms. The van der Waals surface area contributed by atoms with Gasteiger partial charge in [-0.1, -0.05) is 18.2 Å². The summed E-state index contributed by atoms with van der Waals surface area (Å²) in [5.41, 5.74) is 1.10. The summed E-state index contributed by atoms with van der Waals surface area (Å²) in [7, 11) is 0. The van der Waals surface area contributed by atoms with Crippen molar-refractivity contribution in [2.75, 3.05) is 13.1 Å². The van der Waals surface area contributed by atoms with Crippen molar-refractivity contribution in [1.29, 1.82) is 0 Å². The summed E-state index contributed by atoms with van der Waals surface area (Å²) in [4.78, 5) is 27.7. The number of para-hydroxylation sites is 2. The first kappa shape index (κ1) is 17.9. The van der Waals surface area contributed by atoms with Crippen LogP contribution in [0.1, 0.15) is 24.7 Å². The lowest BCUT2D eigenvalue weighted by Crippen LogP contribution is -2.41. The summed E-state index contributed by atoms with van der Waals surface area (Å²) in [5, 5.41) is 10.3. The zero-order valence-electron chi connectivity index (χ0n) is 15.5. The summed E-state index contributed by atoms with van der Waals surface area (Å²) in [6, 6.07) is 11.0. The molecule has 0 unspecified atom stereocenters. The molecule has 0 N–H and O–H groups in total. The van der Waals surface area contributed by atoms with Gasteiger partial charge in [0.15, 0.2) is 5.58 Å². The Balaban J connectivity index is 1.32. The van der Waals surface area contributed by atoms with Gasteiger partial charge in [-0.25, -0.2) is 4.79 Å². The molecule has 8 nitrogen and oxygen atoms in total. The molecule has 1 fully saturated rings. The highest BCUT2D eigenvalue weighted by Gasteiger charge is 2.29. The molecule has 1 atom stereocenters. The number of thiophene rings is 1. The fourth-order valence-electron chi connectivity index (χ4n) is 3.70. The van der Waals surface area contributed by atoms with E-state index in [1.807, 2.05) is 23.6 Å². The zero-order chi connectivity index (χ0) is 19.8. The molecule has 0 spiro atoms. The Hall–Kier alpha value is -3.20. The predicted octanol–water partition coefficient (Wildman–Crippen LogP) is 3.11. The van der Waals surface area contributed by atoms with Crippen molar-refractivity contribution in [2.45, 2.75) is 25.3 Å². The van der Waals surface area contributed by atoms with Crippen molar-refractivity contribution in [3.8, 4) is 10.8 Å². The number of benzene rings is 1. The van der Waals surface area contributed by atoms with Gasteiger partial charge in [0.2, 0.25) is 11.8 Å². The van der Waals surface area contributed by atoms with Gasteiger partial charge < -0.3 is 13.7 Å². The molecule has 0 saturated carbocycles. The van der Waals surface area contributed by atoms with E-state index in [1.165, 1.54) is 4.57 Å². The van der Waals surface area contributed by atoms with Gasteiger partial charge >= 0.3 is 5.76 Å². The molecule has 4 aromatic rings. The number of carbonyl (C=O) groups excluding carboxylic acids is 1. The Morgan fingerprint density at radius 1 is 1.17 bits per heavy atom. The highest BCUT2D eigenvalue weighted by atomic mass is 32.1. The van der Waals surface area contributed by atoms with E-state index >= 15 is 0 Å². The zero-order valence-corrected chi connectivity index (χ0v) is 16.3. The van der Waals surface area contributed by atoms with E-state index in [2.05, 4.69) is 10.2 Å². The molecule has 1 aliphatic rings. The number of hydrogen-bond acceptors (Lipinski definition) is 7. The minimum atomic E-state index is -0.523. The van der Waals surface area contributed by atoms with Crippen LogP contribution in [0.4, 0.5) is 0 Å². The molecule has 148 valence electrons. The Kier molecular flexibility index (Phi) is 4.51. The minimum absolute atomic E-state index is 0.00766. The lowest BCUT2D eigenvalue weighted by molar-refractivity contribution is -0.133. The van der Waals surface area contributed by atoms with E-state index in [-0.39, 0.29) is 18.4 Å². The fourth-order valence-corrected chi connectivity index (χ4v) is 4.35. The quantitative estimate of drug-likeness (QED) is 0.513. The molecule has 0 radical (unpaired) electrons. The van der Waals surface area contributed by atoms with Gasteiger partial charge in [0.05, 0.1) is 16.3 Å². The molecule has 1 aliphatic heterocycles. The van der Waals surface area contributed by atoms with Gasteiger partial charge in [0, 0.05) is 13.1 Å². The van der Waals surface area contributed by atoms with Gasteiger partial charge in [-0.15, -0.1) is 21.5 Å². The monoisotopic (exact) mass is 410 g/mol. The van der Waals surface area contributed by atoms with Crippen LogP contribution in [-0.4, -0.2) is 38.7 Å². The average molecular weight is 410 g/mol. The number of oxazole rings is 1. The van der Waals surface area contributed by atoms with E-state index in [9.17, 15) is 9.59 Å². The first-order chi connectivity index (χ1) is 14.2. The molecule has 3 aromatic heterocycles. The third kappa shape index (κ3) is 3.38. The second-order valence-electron chi connectivity index (χ2n) is 7.02. The maximum atomic E-state index is 12.9. The predicted molar refractivity (Wildman–Crippen MR) is 107 cm³/mol.